The summed E-state index contributed by atoms with van der Waals surface area (Å²) in [5.74, 6) is 0.953. The molecule has 4 aromatic rings. The van der Waals surface area contributed by atoms with Crippen molar-refractivity contribution in [2.45, 2.75) is 6.92 Å². The van der Waals surface area contributed by atoms with Crippen molar-refractivity contribution in [1.29, 1.82) is 0 Å². The molecule has 3 heterocycles. The molecule has 0 aliphatic carbocycles. The summed E-state index contributed by atoms with van der Waals surface area (Å²) < 4.78 is 5.39. The molecule has 0 fully saturated rings. The smallest absolute Gasteiger partial charge is 0.259 e. The molecule has 4 rings (SSSR count). The molecule has 0 bridgehead atoms. The van der Waals surface area contributed by atoms with E-state index < -0.39 is 0 Å². The van der Waals surface area contributed by atoms with Crippen LogP contribution >= 0.6 is 0 Å². The van der Waals surface area contributed by atoms with Crippen LogP contribution in [0.5, 0.6) is 0 Å². The Kier molecular flexibility index (Phi) is 3.59. The fraction of sp³-hybridized carbons (Fsp3) is 0.0526. The maximum Gasteiger partial charge on any atom is 0.259 e. The van der Waals surface area contributed by atoms with Crippen molar-refractivity contribution in [3.63, 3.8) is 0 Å². The first-order valence-electron chi connectivity index (χ1n) is 7.56. The maximum absolute atomic E-state index is 5.39. The van der Waals surface area contributed by atoms with Gasteiger partial charge in [0.05, 0.1) is 5.56 Å². The Morgan fingerprint density at radius 2 is 1.58 bits per heavy atom. The standard InChI is InChI=1S/C19H14N4O/c1-13-4-6-14(7-5-13)16-9-17(12-21-11-16)19-22-18(23-24-19)15-3-2-8-20-10-15/h2-12H,1H3. The number of rotatable bonds is 3. The van der Waals surface area contributed by atoms with Crippen LogP contribution in [0.3, 0.4) is 0 Å². The normalized spacial score (nSPS) is 10.7. The van der Waals surface area contributed by atoms with E-state index in [-0.39, 0.29) is 0 Å². The lowest BCUT2D eigenvalue weighted by molar-refractivity contribution is 0.432. The van der Waals surface area contributed by atoms with E-state index in [9.17, 15) is 0 Å². The van der Waals surface area contributed by atoms with Gasteiger partial charge in [-0.25, -0.2) is 0 Å². The van der Waals surface area contributed by atoms with Crippen LogP contribution in [0.2, 0.25) is 0 Å². The van der Waals surface area contributed by atoms with E-state index in [2.05, 4.69) is 51.3 Å². The Labute approximate surface area is 139 Å². The third-order valence-corrected chi connectivity index (χ3v) is 3.72. The third kappa shape index (κ3) is 2.79. The van der Waals surface area contributed by atoms with Gasteiger partial charge in [-0.3, -0.25) is 9.97 Å². The Bertz CT molecular complexity index is 962. The molecule has 0 spiro atoms. The lowest BCUT2D eigenvalue weighted by Gasteiger charge is -2.03. The molecule has 0 N–H and O–H groups in total. The van der Waals surface area contributed by atoms with E-state index in [0.717, 1.165) is 22.3 Å². The van der Waals surface area contributed by atoms with Crippen LogP contribution in [0.4, 0.5) is 0 Å². The minimum Gasteiger partial charge on any atom is -0.334 e. The van der Waals surface area contributed by atoms with Crippen molar-refractivity contribution in [2.75, 3.05) is 0 Å². The highest BCUT2D eigenvalue weighted by molar-refractivity contribution is 5.69. The van der Waals surface area contributed by atoms with Crippen molar-refractivity contribution in [1.82, 2.24) is 20.1 Å². The highest BCUT2D eigenvalue weighted by Crippen LogP contribution is 2.26. The van der Waals surface area contributed by atoms with Crippen LogP contribution in [0.15, 0.2) is 71.8 Å². The molecule has 0 atom stereocenters. The van der Waals surface area contributed by atoms with Crippen LogP contribution in [0.25, 0.3) is 34.0 Å². The molecule has 116 valence electrons. The van der Waals surface area contributed by atoms with Gasteiger partial charge < -0.3 is 4.52 Å². The van der Waals surface area contributed by atoms with Crippen molar-refractivity contribution >= 4 is 0 Å². The zero-order valence-corrected chi connectivity index (χ0v) is 13.0. The van der Waals surface area contributed by atoms with E-state index in [4.69, 9.17) is 4.52 Å². The van der Waals surface area contributed by atoms with Crippen molar-refractivity contribution in [3.05, 3.63) is 72.8 Å². The molecule has 0 aliphatic rings. The fourth-order valence-corrected chi connectivity index (χ4v) is 2.41. The topological polar surface area (TPSA) is 64.7 Å². The number of aromatic nitrogens is 4. The fourth-order valence-electron chi connectivity index (χ4n) is 2.41. The Balaban J connectivity index is 1.69. The summed E-state index contributed by atoms with van der Waals surface area (Å²) in [4.78, 5) is 12.8. The number of aryl methyl sites for hydroxylation is 1. The van der Waals surface area contributed by atoms with E-state index in [1.807, 2.05) is 24.4 Å². The molecule has 24 heavy (non-hydrogen) atoms. The lowest BCUT2D eigenvalue weighted by atomic mass is 10.0. The second-order valence-corrected chi connectivity index (χ2v) is 5.49. The molecule has 5 nitrogen and oxygen atoms in total. The predicted octanol–water partition coefficient (Wildman–Crippen LogP) is 4.17. The monoisotopic (exact) mass is 314 g/mol. The van der Waals surface area contributed by atoms with Crippen LogP contribution in [0.1, 0.15) is 5.56 Å². The van der Waals surface area contributed by atoms with Crippen LogP contribution in [-0.4, -0.2) is 20.1 Å². The average molecular weight is 314 g/mol. The van der Waals surface area contributed by atoms with E-state index in [1.54, 1.807) is 18.6 Å². The van der Waals surface area contributed by atoms with Crippen LogP contribution in [-0.2, 0) is 0 Å². The Morgan fingerprint density at radius 1 is 0.792 bits per heavy atom. The highest BCUT2D eigenvalue weighted by atomic mass is 16.5. The van der Waals surface area contributed by atoms with Crippen molar-refractivity contribution in [3.8, 4) is 34.0 Å². The SMILES string of the molecule is Cc1ccc(-c2cncc(-c3nc(-c4cccnc4)no3)c2)cc1. The minimum atomic E-state index is 0.440. The van der Waals surface area contributed by atoms with Gasteiger partial charge in [0.15, 0.2) is 0 Å². The minimum absolute atomic E-state index is 0.440. The second-order valence-electron chi connectivity index (χ2n) is 5.49. The molecule has 3 aromatic heterocycles. The molecule has 5 heteroatoms. The van der Waals surface area contributed by atoms with Gasteiger partial charge in [0.1, 0.15) is 0 Å². The summed E-state index contributed by atoms with van der Waals surface area (Å²) >= 11 is 0. The van der Waals surface area contributed by atoms with Gasteiger partial charge in [-0.2, -0.15) is 4.98 Å². The molecular weight excluding hydrogens is 300 g/mol. The summed E-state index contributed by atoms with van der Waals surface area (Å²) in [7, 11) is 0. The zero-order valence-electron chi connectivity index (χ0n) is 13.0. The number of nitrogens with zero attached hydrogens (tertiary/aromatic N) is 4. The van der Waals surface area contributed by atoms with Gasteiger partial charge in [0.2, 0.25) is 5.82 Å². The molecule has 1 aromatic carbocycles. The second kappa shape index (κ2) is 6.04. The van der Waals surface area contributed by atoms with Gasteiger partial charge >= 0.3 is 0 Å². The van der Waals surface area contributed by atoms with Gasteiger partial charge in [-0.1, -0.05) is 35.0 Å². The molecule has 0 amide bonds. The Hall–Kier alpha value is -3.34. The third-order valence-electron chi connectivity index (χ3n) is 3.72. The number of pyridine rings is 2. The highest BCUT2D eigenvalue weighted by Gasteiger charge is 2.12. The zero-order chi connectivity index (χ0) is 16.4. The van der Waals surface area contributed by atoms with E-state index in [1.165, 1.54) is 5.56 Å². The lowest BCUT2D eigenvalue weighted by Crippen LogP contribution is -1.85. The molecular formula is C19H14N4O. The maximum atomic E-state index is 5.39. The summed E-state index contributed by atoms with van der Waals surface area (Å²) in [6.45, 7) is 2.07. The quantitative estimate of drug-likeness (QED) is 0.568. The first-order valence-corrected chi connectivity index (χ1v) is 7.56. The summed E-state index contributed by atoms with van der Waals surface area (Å²) in [5, 5.41) is 4.02. The average Bonchev–Trinajstić information content (AvgIpc) is 3.13. The summed E-state index contributed by atoms with van der Waals surface area (Å²) in [5.41, 5.74) is 4.93. The van der Waals surface area contributed by atoms with E-state index >= 15 is 0 Å². The van der Waals surface area contributed by atoms with Crippen molar-refractivity contribution < 1.29 is 4.52 Å². The summed E-state index contributed by atoms with van der Waals surface area (Å²) in [6, 6.07) is 14.0. The molecule has 0 unspecified atom stereocenters. The molecule has 0 saturated carbocycles. The van der Waals surface area contributed by atoms with Gasteiger partial charge in [0.25, 0.3) is 5.89 Å². The number of benzene rings is 1. The molecule has 0 radical (unpaired) electrons. The molecule has 0 aliphatic heterocycles. The van der Waals surface area contributed by atoms with Crippen molar-refractivity contribution in [2.24, 2.45) is 0 Å². The predicted molar refractivity (Wildman–Crippen MR) is 90.9 cm³/mol. The van der Waals surface area contributed by atoms with Gasteiger partial charge in [0, 0.05) is 35.9 Å². The largest absolute Gasteiger partial charge is 0.334 e. The van der Waals surface area contributed by atoms with Gasteiger partial charge in [-0.05, 0) is 30.7 Å². The van der Waals surface area contributed by atoms with E-state index in [0.29, 0.717) is 11.7 Å². The first kappa shape index (κ1) is 14.3. The molecule has 0 saturated heterocycles. The Morgan fingerprint density at radius 3 is 2.38 bits per heavy atom. The van der Waals surface area contributed by atoms with Gasteiger partial charge in [-0.15, -0.1) is 0 Å². The van der Waals surface area contributed by atoms with Crippen LogP contribution < -0.4 is 0 Å². The number of hydrogen-bond donors (Lipinski definition) is 0. The number of hydrogen-bond acceptors (Lipinski definition) is 5. The van der Waals surface area contributed by atoms with Crippen LogP contribution in [0, 0.1) is 6.92 Å². The first-order chi connectivity index (χ1) is 11.8. The summed E-state index contributed by atoms with van der Waals surface area (Å²) in [6.07, 6.45) is 6.96.